The number of hydrogen-bond acceptors (Lipinski definition) is 6. The summed E-state index contributed by atoms with van der Waals surface area (Å²) in [5.74, 6) is 1.04. The van der Waals surface area contributed by atoms with Gasteiger partial charge in [-0.1, -0.05) is 23.7 Å². The van der Waals surface area contributed by atoms with E-state index in [0.717, 1.165) is 16.6 Å². The summed E-state index contributed by atoms with van der Waals surface area (Å²) in [6, 6.07) is 9.58. The zero-order chi connectivity index (χ0) is 23.8. The summed E-state index contributed by atoms with van der Waals surface area (Å²) in [4.78, 5) is 21.0. The van der Waals surface area contributed by atoms with Gasteiger partial charge in [0.1, 0.15) is 36.1 Å². The van der Waals surface area contributed by atoms with Crippen molar-refractivity contribution in [1.82, 2.24) is 25.5 Å². The van der Waals surface area contributed by atoms with E-state index in [1.807, 2.05) is 38.1 Å². The molecule has 4 aromatic rings. The van der Waals surface area contributed by atoms with Crippen molar-refractivity contribution >= 4 is 28.4 Å². The van der Waals surface area contributed by atoms with Crippen molar-refractivity contribution in [2.45, 2.75) is 26.5 Å². The first kappa shape index (κ1) is 22.2. The van der Waals surface area contributed by atoms with Crippen molar-refractivity contribution in [1.29, 1.82) is 0 Å². The van der Waals surface area contributed by atoms with Gasteiger partial charge in [-0.3, -0.25) is 9.89 Å². The summed E-state index contributed by atoms with van der Waals surface area (Å²) in [5.41, 5.74) is 3.34. The first-order valence-corrected chi connectivity index (χ1v) is 11.0. The lowest BCUT2D eigenvalue weighted by Crippen LogP contribution is -2.40. The van der Waals surface area contributed by atoms with Crippen LogP contribution in [-0.4, -0.2) is 39.3 Å². The number of aromatic nitrogens is 4. The van der Waals surface area contributed by atoms with Crippen LogP contribution < -0.4 is 10.1 Å². The largest absolute Gasteiger partial charge is 0.487 e. The monoisotopic (exact) mass is 481 g/mol. The summed E-state index contributed by atoms with van der Waals surface area (Å²) in [7, 11) is 0. The van der Waals surface area contributed by atoms with Gasteiger partial charge in [0.25, 0.3) is 0 Å². The van der Waals surface area contributed by atoms with Crippen LogP contribution >= 0.6 is 11.6 Å². The molecule has 34 heavy (non-hydrogen) atoms. The zero-order valence-electron chi connectivity index (χ0n) is 18.5. The number of nitrogens with zero attached hydrogens (tertiary/aromatic N) is 3. The van der Waals surface area contributed by atoms with E-state index in [1.165, 1.54) is 12.1 Å². The van der Waals surface area contributed by atoms with Crippen LogP contribution in [0, 0.1) is 19.7 Å². The third-order valence-corrected chi connectivity index (χ3v) is 5.90. The van der Waals surface area contributed by atoms with Crippen molar-refractivity contribution < 1.29 is 18.7 Å². The molecule has 1 amide bonds. The molecule has 1 aliphatic heterocycles. The molecule has 5 rings (SSSR count). The molecule has 1 aliphatic rings. The van der Waals surface area contributed by atoms with E-state index in [9.17, 15) is 9.18 Å². The second-order valence-corrected chi connectivity index (χ2v) is 8.49. The molecule has 1 fully saturated rings. The molecule has 0 radical (unpaired) electrons. The Balaban J connectivity index is 1.52. The van der Waals surface area contributed by atoms with Gasteiger partial charge in [-0.15, -0.1) is 0 Å². The number of morpholine rings is 1. The molecule has 0 aliphatic carbocycles. The van der Waals surface area contributed by atoms with E-state index in [4.69, 9.17) is 21.1 Å². The summed E-state index contributed by atoms with van der Waals surface area (Å²) in [6.45, 7) is 3.96. The molecule has 1 saturated heterocycles. The second kappa shape index (κ2) is 9.00. The van der Waals surface area contributed by atoms with Crippen molar-refractivity contribution in [3.8, 4) is 17.1 Å². The van der Waals surface area contributed by atoms with Gasteiger partial charge in [0.2, 0.25) is 5.91 Å². The fourth-order valence-corrected chi connectivity index (χ4v) is 4.33. The molecule has 3 heterocycles. The lowest BCUT2D eigenvalue weighted by Gasteiger charge is -2.26. The second-order valence-electron chi connectivity index (χ2n) is 8.09. The van der Waals surface area contributed by atoms with Gasteiger partial charge in [-0.25, -0.2) is 14.4 Å². The lowest BCUT2D eigenvalue weighted by atomic mass is 10.00. The van der Waals surface area contributed by atoms with Crippen molar-refractivity contribution in [3.05, 3.63) is 69.9 Å². The lowest BCUT2D eigenvalue weighted by molar-refractivity contribution is -0.131. The number of aryl methyl sites for hydroxylation is 2. The maximum absolute atomic E-state index is 14.2. The van der Waals surface area contributed by atoms with E-state index >= 15 is 0 Å². The summed E-state index contributed by atoms with van der Waals surface area (Å²) in [6.07, 6.45) is 0. The van der Waals surface area contributed by atoms with Gasteiger partial charge < -0.3 is 14.8 Å². The minimum absolute atomic E-state index is 0.0286. The normalized spacial score (nSPS) is 16.0. The quantitative estimate of drug-likeness (QED) is 0.443. The van der Waals surface area contributed by atoms with E-state index in [1.54, 1.807) is 0 Å². The van der Waals surface area contributed by atoms with E-state index in [0.29, 0.717) is 34.0 Å². The van der Waals surface area contributed by atoms with E-state index < -0.39 is 11.9 Å². The molecule has 0 spiro atoms. The molecular weight excluding hydrogens is 461 g/mol. The molecule has 174 valence electrons. The summed E-state index contributed by atoms with van der Waals surface area (Å²) < 4.78 is 25.7. The SMILES string of the molecule is Cc1cc(-c2n[nH]c(C)n2)c2cccc(OCc3c(Cl)cc(F)cc3[C@@H]3COCC(=O)N3)c2n1. The maximum Gasteiger partial charge on any atom is 0.246 e. The maximum atomic E-state index is 14.2. The Morgan fingerprint density at radius 1 is 1.24 bits per heavy atom. The average molecular weight is 482 g/mol. The van der Waals surface area contributed by atoms with Crippen molar-refractivity contribution in [3.63, 3.8) is 0 Å². The van der Waals surface area contributed by atoms with Gasteiger partial charge in [-0.05, 0) is 43.7 Å². The number of amides is 1. The molecule has 0 unspecified atom stereocenters. The van der Waals surface area contributed by atoms with E-state index in [2.05, 4.69) is 25.5 Å². The predicted molar refractivity (Wildman–Crippen MR) is 124 cm³/mol. The third kappa shape index (κ3) is 4.32. The zero-order valence-corrected chi connectivity index (χ0v) is 19.2. The number of hydrogen-bond donors (Lipinski definition) is 2. The number of carbonyl (C=O) groups excluding carboxylic acids is 1. The van der Waals surface area contributed by atoms with Crippen molar-refractivity contribution in [2.24, 2.45) is 0 Å². The minimum Gasteiger partial charge on any atom is -0.487 e. The Morgan fingerprint density at radius 3 is 2.85 bits per heavy atom. The molecule has 10 heteroatoms. The molecule has 2 N–H and O–H groups in total. The smallest absolute Gasteiger partial charge is 0.246 e. The number of aromatic amines is 1. The van der Waals surface area contributed by atoms with Crippen LogP contribution in [0.2, 0.25) is 5.02 Å². The highest BCUT2D eigenvalue weighted by molar-refractivity contribution is 6.31. The predicted octanol–water partition coefficient (Wildman–Crippen LogP) is 4.20. The number of benzene rings is 2. The van der Waals surface area contributed by atoms with Crippen LogP contribution in [0.4, 0.5) is 4.39 Å². The van der Waals surface area contributed by atoms with Crippen LogP contribution in [0.3, 0.4) is 0 Å². The number of rotatable bonds is 5. The van der Waals surface area contributed by atoms with Gasteiger partial charge in [0.05, 0.1) is 17.7 Å². The average Bonchev–Trinajstić information content (AvgIpc) is 3.23. The first-order chi connectivity index (χ1) is 16.4. The van der Waals surface area contributed by atoms with Crippen LogP contribution in [0.5, 0.6) is 5.75 Å². The fraction of sp³-hybridized carbons (Fsp3) is 0.250. The number of para-hydroxylation sites is 1. The highest BCUT2D eigenvalue weighted by Crippen LogP contribution is 2.34. The van der Waals surface area contributed by atoms with Crippen LogP contribution in [-0.2, 0) is 16.1 Å². The molecule has 1 atom stereocenters. The molecular formula is C24H21ClFN5O3. The molecule has 8 nitrogen and oxygen atoms in total. The van der Waals surface area contributed by atoms with Crippen LogP contribution in [0.1, 0.15) is 28.7 Å². The van der Waals surface area contributed by atoms with Crippen LogP contribution in [0.15, 0.2) is 36.4 Å². The Kier molecular flexibility index (Phi) is 5.89. The number of carbonyl (C=O) groups is 1. The fourth-order valence-electron chi connectivity index (χ4n) is 4.07. The number of ether oxygens (including phenoxy) is 2. The summed E-state index contributed by atoms with van der Waals surface area (Å²) >= 11 is 6.40. The van der Waals surface area contributed by atoms with Gasteiger partial charge in [0.15, 0.2) is 5.82 Å². The summed E-state index contributed by atoms with van der Waals surface area (Å²) in [5, 5.41) is 11.0. The van der Waals surface area contributed by atoms with Gasteiger partial charge >= 0.3 is 0 Å². The topological polar surface area (TPSA) is 102 Å². The number of fused-ring (bicyclic) bond motifs is 1. The molecule has 2 aromatic heterocycles. The standard InChI is InChI=1S/C24H21ClFN5O3/c1-12-6-17(24-28-13(2)30-31-24)15-4-3-5-21(23(15)27-12)34-9-18-16(7-14(26)8-19(18)25)20-10-33-11-22(32)29-20/h3-8,20H,9-11H2,1-2H3,(H,29,32)(H,28,30,31)/t20-/m0/s1. The van der Waals surface area contributed by atoms with Gasteiger partial charge in [0, 0.05) is 22.2 Å². The first-order valence-electron chi connectivity index (χ1n) is 10.7. The van der Waals surface area contributed by atoms with Gasteiger partial charge in [-0.2, -0.15) is 5.10 Å². The number of pyridine rings is 1. The van der Waals surface area contributed by atoms with Crippen LogP contribution in [0.25, 0.3) is 22.3 Å². The van der Waals surface area contributed by atoms with Crippen molar-refractivity contribution in [2.75, 3.05) is 13.2 Å². The minimum atomic E-state index is -0.526. The molecule has 0 saturated carbocycles. The third-order valence-electron chi connectivity index (χ3n) is 5.56. The Labute approximate surface area is 199 Å². The highest BCUT2D eigenvalue weighted by Gasteiger charge is 2.25. The highest BCUT2D eigenvalue weighted by atomic mass is 35.5. The molecule has 2 aromatic carbocycles. The Bertz CT molecular complexity index is 1410. The number of nitrogens with one attached hydrogen (secondary N) is 2. The number of H-pyrrole nitrogens is 1. The number of halogens is 2. The Hall–Kier alpha value is -3.56. The van der Waals surface area contributed by atoms with E-state index in [-0.39, 0.29) is 30.8 Å². The Morgan fingerprint density at radius 2 is 2.09 bits per heavy atom. The molecule has 0 bridgehead atoms.